The lowest BCUT2D eigenvalue weighted by atomic mass is 10.0. The van der Waals surface area contributed by atoms with Crippen molar-refractivity contribution in [3.05, 3.63) is 29.3 Å². The second-order valence-corrected chi connectivity index (χ2v) is 9.51. The normalized spacial score (nSPS) is 21.3. The van der Waals surface area contributed by atoms with Crippen LogP contribution < -0.4 is 14.8 Å². The highest BCUT2D eigenvalue weighted by atomic mass is 32.2. The molecular formula is C17H20N2O5S2. The topological polar surface area (TPSA) is 94.6 Å². The first kappa shape index (κ1) is 18.7. The molecule has 7 nitrogen and oxygen atoms in total. The summed E-state index contributed by atoms with van der Waals surface area (Å²) in [6.07, 6.45) is 0.410. The highest BCUT2D eigenvalue weighted by Gasteiger charge is 2.39. The molecule has 2 heterocycles. The van der Waals surface area contributed by atoms with Gasteiger partial charge in [0, 0.05) is 10.9 Å². The van der Waals surface area contributed by atoms with Gasteiger partial charge in [-0.25, -0.2) is 13.4 Å². The van der Waals surface area contributed by atoms with Crippen LogP contribution in [0, 0.1) is 0 Å². The minimum atomic E-state index is -3.09. The molecule has 1 aromatic heterocycles. The molecule has 1 amide bonds. The summed E-state index contributed by atoms with van der Waals surface area (Å²) in [4.78, 5) is 16.9. The first-order chi connectivity index (χ1) is 12.3. The lowest BCUT2D eigenvalue weighted by Gasteiger charge is -2.23. The molecule has 1 aliphatic heterocycles. The summed E-state index contributed by atoms with van der Waals surface area (Å²) >= 11 is 1.33. The third-order valence-corrected chi connectivity index (χ3v) is 7.08. The molecule has 1 saturated heterocycles. The first-order valence-corrected chi connectivity index (χ1v) is 10.7. The van der Waals surface area contributed by atoms with Crippen molar-refractivity contribution >= 4 is 27.1 Å². The SMILES string of the molecule is COc1ccc(-c2nc(C(=O)N[C@@]3(C)CCS(=O)(=O)C3)cs2)cc1OC. The third-order valence-electron chi connectivity index (χ3n) is 4.29. The van der Waals surface area contributed by atoms with Gasteiger partial charge in [0.1, 0.15) is 10.7 Å². The number of methoxy groups -OCH3 is 2. The van der Waals surface area contributed by atoms with Crippen molar-refractivity contribution in [2.75, 3.05) is 25.7 Å². The number of thiazole rings is 1. The van der Waals surface area contributed by atoms with Crippen molar-refractivity contribution in [1.82, 2.24) is 10.3 Å². The number of rotatable bonds is 5. The molecule has 9 heteroatoms. The molecule has 3 rings (SSSR count). The maximum Gasteiger partial charge on any atom is 0.271 e. The van der Waals surface area contributed by atoms with Crippen molar-refractivity contribution in [3.8, 4) is 22.1 Å². The Labute approximate surface area is 156 Å². The van der Waals surface area contributed by atoms with Crippen LogP contribution in [0.2, 0.25) is 0 Å². The zero-order valence-corrected chi connectivity index (χ0v) is 16.4. The highest BCUT2D eigenvalue weighted by molar-refractivity contribution is 7.91. The van der Waals surface area contributed by atoms with Crippen LogP contribution in [-0.2, 0) is 9.84 Å². The first-order valence-electron chi connectivity index (χ1n) is 7.96. The smallest absolute Gasteiger partial charge is 0.271 e. The quantitative estimate of drug-likeness (QED) is 0.832. The zero-order chi connectivity index (χ0) is 18.9. The molecule has 1 atom stereocenters. The lowest BCUT2D eigenvalue weighted by molar-refractivity contribution is 0.0911. The highest BCUT2D eigenvalue weighted by Crippen LogP contribution is 2.33. The van der Waals surface area contributed by atoms with E-state index in [-0.39, 0.29) is 23.1 Å². The number of amides is 1. The van der Waals surface area contributed by atoms with Gasteiger partial charge >= 0.3 is 0 Å². The molecule has 0 spiro atoms. The van der Waals surface area contributed by atoms with Crippen LogP contribution in [0.4, 0.5) is 0 Å². The maximum atomic E-state index is 12.5. The number of hydrogen-bond acceptors (Lipinski definition) is 7. The molecule has 0 radical (unpaired) electrons. The lowest BCUT2D eigenvalue weighted by Crippen LogP contribution is -2.47. The molecule has 1 N–H and O–H groups in total. The number of carbonyl (C=O) groups excluding carboxylic acids is 1. The van der Waals surface area contributed by atoms with Crippen molar-refractivity contribution in [2.45, 2.75) is 18.9 Å². The molecule has 26 heavy (non-hydrogen) atoms. The maximum absolute atomic E-state index is 12.5. The van der Waals surface area contributed by atoms with Gasteiger partial charge in [-0.2, -0.15) is 0 Å². The van der Waals surface area contributed by atoms with Gasteiger partial charge in [0.15, 0.2) is 21.3 Å². The molecule has 1 aromatic carbocycles. The fourth-order valence-corrected chi connectivity index (χ4v) is 5.82. The molecule has 0 unspecified atom stereocenters. The molecule has 2 aromatic rings. The number of aromatic nitrogens is 1. The fourth-order valence-electron chi connectivity index (χ4n) is 2.93. The number of nitrogens with zero attached hydrogens (tertiary/aromatic N) is 1. The van der Waals surface area contributed by atoms with Crippen LogP contribution in [-0.4, -0.2) is 50.6 Å². The second-order valence-electron chi connectivity index (χ2n) is 6.46. The predicted octanol–water partition coefficient (Wildman–Crippen LogP) is 2.13. The van der Waals surface area contributed by atoms with Crippen molar-refractivity contribution < 1.29 is 22.7 Å². The Bertz CT molecular complexity index is 938. The van der Waals surface area contributed by atoms with E-state index in [9.17, 15) is 13.2 Å². The Morgan fingerprint density at radius 2 is 2.00 bits per heavy atom. The fraction of sp³-hybridized carbons (Fsp3) is 0.412. The van der Waals surface area contributed by atoms with E-state index in [1.165, 1.54) is 11.3 Å². The van der Waals surface area contributed by atoms with E-state index in [4.69, 9.17) is 9.47 Å². The van der Waals surface area contributed by atoms with Crippen molar-refractivity contribution in [2.24, 2.45) is 0 Å². The van der Waals surface area contributed by atoms with Crippen LogP contribution in [0.5, 0.6) is 11.5 Å². The molecule has 140 valence electrons. The summed E-state index contributed by atoms with van der Waals surface area (Å²) in [5.41, 5.74) is 0.329. The van der Waals surface area contributed by atoms with Gasteiger partial charge in [-0.15, -0.1) is 11.3 Å². The number of sulfone groups is 1. The average Bonchev–Trinajstić information content (AvgIpc) is 3.19. The summed E-state index contributed by atoms with van der Waals surface area (Å²) < 4.78 is 33.9. The number of nitrogens with one attached hydrogen (secondary N) is 1. The Balaban J connectivity index is 1.79. The molecule has 1 aliphatic rings. The Hall–Kier alpha value is -2.13. The molecule has 0 aliphatic carbocycles. The molecule has 1 fully saturated rings. The van der Waals surface area contributed by atoms with Crippen LogP contribution in [0.1, 0.15) is 23.8 Å². The van der Waals surface area contributed by atoms with Gasteiger partial charge in [-0.05, 0) is 31.5 Å². The summed E-state index contributed by atoms with van der Waals surface area (Å²) in [6.45, 7) is 1.75. The summed E-state index contributed by atoms with van der Waals surface area (Å²) in [7, 11) is 0.0248. The van der Waals surface area contributed by atoms with E-state index in [1.54, 1.807) is 38.7 Å². The zero-order valence-electron chi connectivity index (χ0n) is 14.7. The number of hydrogen-bond donors (Lipinski definition) is 1. The second kappa shape index (κ2) is 6.88. The third kappa shape index (κ3) is 3.83. The number of benzene rings is 1. The van der Waals surface area contributed by atoms with E-state index in [2.05, 4.69) is 10.3 Å². The van der Waals surface area contributed by atoms with Gasteiger partial charge in [0.05, 0.1) is 31.3 Å². The molecular weight excluding hydrogens is 376 g/mol. The monoisotopic (exact) mass is 396 g/mol. The van der Waals surface area contributed by atoms with Gasteiger partial charge in [-0.1, -0.05) is 0 Å². The Kier molecular flexibility index (Phi) is 4.94. The average molecular weight is 396 g/mol. The van der Waals surface area contributed by atoms with E-state index in [0.717, 1.165) is 5.56 Å². The largest absolute Gasteiger partial charge is 0.493 e. The van der Waals surface area contributed by atoms with Gasteiger partial charge in [0.2, 0.25) is 0 Å². The van der Waals surface area contributed by atoms with Crippen LogP contribution in [0.25, 0.3) is 10.6 Å². The summed E-state index contributed by atoms with van der Waals surface area (Å²) in [6, 6.07) is 5.41. The molecule has 0 bridgehead atoms. The standard InChI is InChI=1S/C17H20N2O5S2/c1-17(6-7-26(21,22)10-17)19-15(20)12-9-25-16(18-12)11-4-5-13(23-2)14(8-11)24-3/h4-5,8-9H,6-7,10H2,1-3H3,(H,19,20)/t17-/m0/s1. The Morgan fingerprint density at radius 1 is 1.27 bits per heavy atom. The van der Waals surface area contributed by atoms with Crippen LogP contribution in [0.3, 0.4) is 0 Å². The van der Waals surface area contributed by atoms with E-state index < -0.39 is 15.4 Å². The van der Waals surface area contributed by atoms with E-state index in [1.807, 2.05) is 6.07 Å². The number of ether oxygens (including phenoxy) is 2. The molecule has 0 saturated carbocycles. The summed E-state index contributed by atoms with van der Waals surface area (Å²) in [5, 5.41) is 5.14. The summed E-state index contributed by atoms with van der Waals surface area (Å²) in [5.74, 6) is 0.875. The Morgan fingerprint density at radius 3 is 2.62 bits per heavy atom. The van der Waals surface area contributed by atoms with Gasteiger partial charge < -0.3 is 14.8 Å². The minimum absolute atomic E-state index is 0.0432. The number of carbonyl (C=O) groups is 1. The van der Waals surface area contributed by atoms with E-state index in [0.29, 0.717) is 22.9 Å². The minimum Gasteiger partial charge on any atom is -0.493 e. The van der Waals surface area contributed by atoms with Crippen LogP contribution >= 0.6 is 11.3 Å². The van der Waals surface area contributed by atoms with Crippen molar-refractivity contribution in [3.63, 3.8) is 0 Å². The van der Waals surface area contributed by atoms with E-state index >= 15 is 0 Å². The van der Waals surface area contributed by atoms with Gasteiger partial charge in [0.25, 0.3) is 5.91 Å². The van der Waals surface area contributed by atoms with Crippen molar-refractivity contribution in [1.29, 1.82) is 0 Å². The van der Waals surface area contributed by atoms with Gasteiger partial charge in [-0.3, -0.25) is 4.79 Å². The van der Waals surface area contributed by atoms with Crippen LogP contribution in [0.15, 0.2) is 23.6 Å². The predicted molar refractivity (Wildman–Crippen MR) is 99.8 cm³/mol.